The number of pyridine rings is 1. The second kappa shape index (κ2) is 6.58. The number of hydrogen-bond donors (Lipinski definition) is 2. The molecule has 0 radical (unpaired) electrons. The fourth-order valence-electron chi connectivity index (χ4n) is 5.46. The van der Waals surface area contributed by atoms with Crippen molar-refractivity contribution in [3.8, 4) is 5.75 Å². The Morgan fingerprint density at radius 3 is 2.90 bits per heavy atom. The molecule has 1 aliphatic heterocycles. The molecule has 3 saturated carbocycles. The van der Waals surface area contributed by atoms with Crippen molar-refractivity contribution in [2.45, 2.75) is 44.9 Å². The van der Waals surface area contributed by atoms with Crippen molar-refractivity contribution in [1.82, 2.24) is 15.6 Å². The number of rotatable bonds is 3. The molecular weight excluding hydrogens is 366 g/mol. The molecule has 1 aromatic carbocycles. The van der Waals surface area contributed by atoms with Gasteiger partial charge in [0, 0.05) is 24.5 Å². The summed E-state index contributed by atoms with van der Waals surface area (Å²) in [6.45, 7) is 2.59. The van der Waals surface area contributed by atoms with Crippen LogP contribution in [-0.4, -0.2) is 22.5 Å². The van der Waals surface area contributed by atoms with Gasteiger partial charge in [0.25, 0.3) is 5.91 Å². The Labute approximate surface area is 170 Å². The summed E-state index contributed by atoms with van der Waals surface area (Å²) in [6.07, 6.45) is 5.00. The zero-order chi connectivity index (χ0) is 20.1. The lowest BCUT2D eigenvalue weighted by molar-refractivity contribution is -0.167. The normalized spacial score (nSPS) is 32.2. The number of aromatic nitrogens is 1. The Bertz CT molecular complexity index is 963. The Morgan fingerprint density at radius 2 is 2.10 bits per heavy atom. The molecule has 0 saturated heterocycles. The van der Waals surface area contributed by atoms with Gasteiger partial charge in [-0.2, -0.15) is 0 Å². The lowest BCUT2D eigenvalue weighted by Gasteiger charge is -2.59. The molecule has 1 spiro atoms. The fraction of sp³-hybridized carbons (Fsp3) is 0.435. The molecule has 2 bridgehead atoms. The number of fused-ring (bicyclic) bond motifs is 3. The fourth-order valence-corrected chi connectivity index (χ4v) is 5.46. The summed E-state index contributed by atoms with van der Waals surface area (Å²) in [4.78, 5) is 30.0. The number of carbonyl (C=O) groups excluding carboxylic acids is 2. The van der Waals surface area contributed by atoms with Gasteiger partial charge in [0.1, 0.15) is 5.75 Å². The number of carbonyl (C=O) groups is 2. The lowest BCUT2D eigenvalue weighted by Crippen LogP contribution is -2.69. The summed E-state index contributed by atoms with van der Waals surface area (Å²) in [6, 6.07) is 13.1. The maximum Gasteiger partial charge on any atom is 0.258 e. The van der Waals surface area contributed by atoms with E-state index in [1.54, 1.807) is 12.3 Å². The first-order valence-electron chi connectivity index (χ1n) is 10.3. The number of para-hydroxylation sites is 1. The maximum absolute atomic E-state index is 13.0. The largest absolute Gasteiger partial charge is 0.467 e. The standard InChI is InChI=1S/C23H25N3O3/c1-22-10-9-15(12-18(22)21(28)25-13-16-6-4-5-11-24-16)23(14-22)26-20(27)17-7-2-3-8-19(17)29-23/h2-8,11,15,18H,9-10,12-14H2,1H3,(H,25,28)(H,26,27)/t15-,18+,22+,23-/m0/s1. The van der Waals surface area contributed by atoms with Crippen LogP contribution in [0.5, 0.6) is 5.75 Å². The van der Waals surface area contributed by atoms with Gasteiger partial charge in [0.05, 0.1) is 17.8 Å². The van der Waals surface area contributed by atoms with Crippen LogP contribution < -0.4 is 15.4 Å². The van der Waals surface area contributed by atoms with E-state index in [2.05, 4.69) is 22.5 Å². The number of benzene rings is 1. The number of nitrogens with zero attached hydrogens (tertiary/aromatic N) is 1. The number of ether oxygens (including phenoxy) is 1. The van der Waals surface area contributed by atoms with Crippen molar-refractivity contribution in [3.05, 3.63) is 59.9 Å². The highest BCUT2D eigenvalue weighted by Gasteiger charge is 2.61. The molecule has 4 atom stereocenters. The lowest BCUT2D eigenvalue weighted by atomic mass is 9.52. The highest BCUT2D eigenvalue weighted by molar-refractivity contribution is 5.98. The molecule has 4 aliphatic rings. The van der Waals surface area contributed by atoms with Crippen LogP contribution in [0.4, 0.5) is 0 Å². The van der Waals surface area contributed by atoms with Crippen LogP contribution >= 0.6 is 0 Å². The molecule has 6 heteroatoms. The van der Waals surface area contributed by atoms with Crippen molar-refractivity contribution < 1.29 is 14.3 Å². The van der Waals surface area contributed by atoms with Crippen LogP contribution in [0, 0.1) is 17.3 Å². The molecule has 6 rings (SSSR count). The first kappa shape index (κ1) is 18.2. The second-order valence-corrected chi connectivity index (χ2v) is 8.84. The summed E-state index contributed by atoms with van der Waals surface area (Å²) in [5.41, 5.74) is 0.496. The Kier molecular flexibility index (Phi) is 4.12. The van der Waals surface area contributed by atoms with Crippen molar-refractivity contribution >= 4 is 11.8 Å². The smallest absolute Gasteiger partial charge is 0.258 e. The topological polar surface area (TPSA) is 80.3 Å². The molecule has 29 heavy (non-hydrogen) atoms. The van der Waals surface area contributed by atoms with E-state index in [4.69, 9.17) is 4.74 Å². The summed E-state index contributed by atoms with van der Waals surface area (Å²) in [5.74, 6) is 0.656. The van der Waals surface area contributed by atoms with Gasteiger partial charge in [-0.05, 0) is 48.9 Å². The number of hydrogen-bond acceptors (Lipinski definition) is 4. The van der Waals surface area contributed by atoms with E-state index in [1.165, 1.54) is 0 Å². The summed E-state index contributed by atoms with van der Waals surface area (Å²) < 4.78 is 6.41. The van der Waals surface area contributed by atoms with Gasteiger partial charge in [-0.3, -0.25) is 14.6 Å². The Hall–Kier alpha value is -2.89. The van der Waals surface area contributed by atoms with Crippen molar-refractivity contribution in [3.63, 3.8) is 0 Å². The van der Waals surface area contributed by atoms with E-state index in [1.807, 2.05) is 36.4 Å². The zero-order valence-corrected chi connectivity index (χ0v) is 16.5. The third-order valence-electron chi connectivity index (χ3n) is 6.99. The highest BCUT2D eigenvalue weighted by atomic mass is 16.5. The van der Waals surface area contributed by atoms with Gasteiger partial charge < -0.3 is 15.4 Å². The van der Waals surface area contributed by atoms with Crippen LogP contribution in [0.1, 0.15) is 48.7 Å². The number of nitrogens with one attached hydrogen (secondary N) is 2. The van der Waals surface area contributed by atoms with Gasteiger partial charge in [-0.15, -0.1) is 0 Å². The molecule has 2 aromatic rings. The van der Waals surface area contributed by atoms with Crippen LogP contribution in [-0.2, 0) is 11.3 Å². The monoisotopic (exact) mass is 391 g/mol. The molecule has 2 amide bonds. The predicted molar refractivity (Wildman–Crippen MR) is 107 cm³/mol. The van der Waals surface area contributed by atoms with Crippen molar-refractivity contribution in [1.29, 1.82) is 0 Å². The van der Waals surface area contributed by atoms with Gasteiger partial charge >= 0.3 is 0 Å². The third kappa shape index (κ3) is 2.98. The zero-order valence-electron chi connectivity index (χ0n) is 16.5. The van der Waals surface area contributed by atoms with E-state index in [9.17, 15) is 9.59 Å². The van der Waals surface area contributed by atoms with Gasteiger partial charge in [0.15, 0.2) is 5.72 Å². The molecule has 6 nitrogen and oxygen atoms in total. The predicted octanol–water partition coefficient (Wildman–Crippen LogP) is 3.04. The molecule has 3 aliphatic carbocycles. The van der Waals surface area contributed by atoms with Gasteiger partial charge in [-0.1, -0.05) is 25.1 Å². The SMILES string of the molecule is C[C@]12CC[C@@H](C[C@@H]1C(=O)NCc1ccccn1)[C@@]1(C2)NC(=O)c2ccccc2O1. The van der Waals surface area contributed by atoms with Crippen molar-refractivity contribution in [2.24, 2.45) is 17.3 Å². The molecule has 1 aromatic heterocycles. The highest BCUT2D eigenvalue weighted by Crippen LogP contribution is 2.58. The van der Waals surface area contributed by atoms with Crippen LogP contribution in [0.25, 0.3) is 0 Å². The second-order valence-electron chi connectivity index (χ2n) is 8.84. The minimum atomic E-state index is -0.712. The van der Waals surface area contributed by atoms with Crippen LogP contribution in [0.2, 0.25) is 0 Å². The van der Waals surface area contributed by atoms with Gasteiger partial charge in [-0.25, -0.2) is 0 Å². The Balaban J connectivity index is 1.35. The van der Waals surface area contributed by atoms with E-state index in [0.717, 1.165) is 18.5 Å². The minimum Gasteiger partial charge on any atom is -0.467 e. The average molecular weight is 391 g/mol. The first-order chi connectivity index (χ1) is 14.0. The third-order valence-corrected chi connectivity index (χ3v) is 6.99. The first-order valence-corrected chi connectivity index (χ1v) is 10.3. The van der Waals surface area contributed by atoms with Crippen LogP contribution in [0.3, 0.4) is 0 Å². The van der Waals surface area contributed by atoms with Crippen molar-refractivity contribution in [2.75, 3.05) is 0 Å². The number of amides is 2. The van der Waals surface area contributed by atoms with Crippen LogP contribution in [0.15, 0.2) is 48.7 Å². The van der Waals surface area contributed by atoms with E-state index in [-0.39, 0.29) is 29.1 Å². The molecular formula is C23H25N3O3. The summed E-state index contributed by atoms with van der Waals surface area (Å²) in [5, 5.41) is 6.22. The van der Waals surface area contributed by atoms with E-state index < -0.39 is 5.72 Å². The molecule has 0 unspecified atom stereocenters. The van der Waals surface area contributed by atoms with E-state index >= 15 is 0 Å². The average Bonchev–Trinajstić information content (AvgIpc) is 2.72. The molecule has 2 heterocycles. The quantitative estimate of drug-likeness (QED) is 0.843. The molecule has 2 N–H and O–H groups in total. The Morgan fingerprint density at radius 1 is 1.28 bits per heavy atom. The van der Waals surface area contributed by atoms with Gasteiger partial charge in [0.2, 0.25) is 5.91 Å². The molecule has 150 valence electrons. The minimum absolute atomic E-state index is 0.0697. The summed E-state index contributed by atoms with van der Waals surface area (Å²) >= 11 is 0. The summed E-state index contributed by atoms with van der Waals surface area (Å²) in [7, 11) is 0. The molecule has 3 fully saturated rings. The van der Waals surface area contributed by atoms with E-state index in [0.29, 0.717) is 30.7 Å². The maximum atomic E-state index is 13.0.